The molecule has 1 saturated carbocycles. The minimum absolute atomic E-state index is 0.00353. The number of hydrogen-bond donors (Lipinski definition) is 0. The third-order valence-corrected chi connectivity index (χ3v) is 6.03. The lowest BCUT2D eigenvalue weighted by atomic mass is 9.78. The average molecular weight is 371 g/mol. The molecule has 0 aromatic heterocycles. The summed E-state index contributed by atoms with van der Waals surface area (Å²) in [5.41, 5.74) is -0.614. The maximum absolute atomic E-state index is 12.9. The smallest absolute Gasteiger partial charge is 0.282 e. The Morgan fingerprint density at radius 1 is 1.11 bits per heavy atom. The van der Waals surface area contributed by atoms with E-state index in [1.807, 2.05) is 4.90 Å². The summed E-state index contributed by atoms with van der Waals surface area (Å²) in [5.74, 6) is -1.14. The molecule has 1 saturated heterocycles. The summed E-state index contributed by atoms with van der Waals surface area (Å²) in [7, 11) is 0. The van der Waals surface area contributed by atoms with Crippen LogP contribution in [0.4, 0.5) is 5.69 Å². The Morgan fingerprint density at radius 3 is 2.63 bits per heavy atom. The molecule has 1 aliphatic carbocycles. The van der Waals surface area contributed by atoms with Gasteiger partial charge in [-0.3, -0.25) is 29.4 Å². The highest BCUT2D eigenvalue weighted by molar-refractivity contribution is 6.24. The van der Waals surface area contributed by atoms with E-state index < -0.39 is 22.4 Å². The number of fused-ring (bicyclic) bond motifs is 2. The van der Waals surface area contributed by atoms with Crippen LogP contribution in [0.1, 0.15) is 59.2 Å². The molecule has 3 amide bonds. The van der Waals surface area contributed by atoms with Crippen LogP contribution >= 0.6 is 0 Å². The maximum atomic E-state index is 12.9. The average Bonchev–Trinajstić information content (AvgIpc) is 2.92. The van der Waals surface area contributed by atoms with Gasteiger partial charge in [0, 0.05) is 18.7 Å². The Hall–Kier alpha value is -2.77. The van der Waals surface area contributed by atoms with Gasteiger partial charge in [0.05, 0.1) is 10.5 Å². The Morgan fingerprint density at radius 2 is 1.85 bits per heavy atom. The number of nitrogens with zero attached hydrogens (tertiary/aromatic N) is 3. The van der Waals surface area contributed by atoms with Crippen LogP contribution in [0, 0.1) is 16.0 Å². The molecular weight excluding hydrogens is 350 g/mol. The molecule has 1 aromatic rings. The fourth-order valence-electron chi connectivity index (χ4n) is 4.77. The molecule has 2 aliphatic heterocycles. The highest BCUT2D eigenvalue weighted by Crippen LogP contribution is 2.36. The van der Waals surface area contributed by atoms with E-state index in [0.29, 0.717) is 12.5 Å². The van der Waals surface area contributed by atoms with E-state index in [1.165, 1.54) is 24.6 Å². The van der Waals surface area contributed by atoms with Crippen molar-refractivity contribution >= 4 is 23.4 Å². The van der Waals surface area contributed by atoms with Gasteiger partial charge in [0.25, 0.3) is 17.5 Å². The van der Waals surface area contributed by atoms with Gasteiger partial charge < -0.3 is 4.90 Å². The van der Waals surface area contributed by atoms with E-state index in [4.69, 9.17) is 0 Å². The Labute approximate surface area is 156 Å². The minimum Gasteiger partial charge on any atom is -0.338 e. The number of hydrogen-bond acceptors (Lipinski definition) is 5. The van der Waals surface area contributed by atoms with E-state index in [2.05, 4.69) is 0 Å². The Balaban J connectivity index is 1.55. The lowest BCUT2D eigenvalue weighted by Gasteiger charge is -2.44. The second kappa shape index (κ2) is 6.75. The molecule has 8 nitrogen and oxygen atoms in total. The van der Waals surface area contributed by atoms with Gasteiger partial charge in [0.1, 0.15) is 12.1 Å². The number of nitro benzene ring substituents is 1. The molecule has 8 heteroatoms. The predicted octanol–water partition coefficient (Wildman–Crippen LogP) is 2.37. The first-order valence-electron chi connectivity index (χ1n) is 9.42. The zero-order valence-corrected chi connectivity index (χ0v) is 14.9. The van der Waals surface area contributed by atoms with Crippen molar-refractivity contribution in [1.82, 2.24) is 9.80 Å². The van der Waals surface area contributed by atoms with E-state index in [-0.39, 0.29) is 29.6 Å². The van der Waals surface area contributed by atoms with Crippen LogP contribution in [0.25, 0.3) is 0 Å². The summed E-state index contributed by atoms with van der Waals surface area (Å²) in [6.45, 7) is 0.288. The zero-order chi connectivity index (χ0) is 19.1. The molecule has 3 aliphatic rings. The fraction of sp³-hybridized carbons (Fsp3) is 0.526. The number of nitro groups is 1. The van der Waals surface area contributed by atoms with Crippen molar-refractivity contribution in [3.8, 4) is 0 Å². The summed E-state index contributed by atoms with van der Waals surface area (Å²) in [6, 6.07) is 4.16. The van der Waals surface area contributed by atoms with Crippen LogP contribution in [-0.4, -0.2) is 51.6 Å². The molecule has 0 N–H and O–H groups in total. The summed E-state index contributed by atoms with van der Waals surface area (Å²) < 4.78 is 0. The van der Waals surface area contributed by atoms with Crippen molar-refractivity contribution in [2.75, 3.05) is 13.1 Å². The van der Waals surface area contributed by atoms with Gasteiger partial charge in [0.15, 0.2) is 0 Å². The summed E-state index contributed by atoms with van der Waals surface area (Å²) in [4.78, 5) is 51.4. The largest absolute Gasteiger partial charge is 0.338 e. The van der Waals surface area contributed by atoms with Crippen LogP contribution in [-0.2, 0) is 4.79 Å². The van der Waals surface area contributed by atoms with Crippen LogP contribution < -0.4 is 0 Å². The SMILES string of the molecule is O=C1c2cccc([N+](=O)[O-])c2C(=O)N1CC(=O)N1CCCC2CCCCC21. The maximum Gasteiger partial charge on any atom is 0.282 e. The quantitative estimate of drug-likeness (QED) is 0.461. The van der Waals surface area contributed by atoms with Gasteiger partial charge >= 0.3 is 0 Å². The van der Waals surface area contributed by atoms with Gasteiger partial charge in [-0.1, -0.05) is 18.9 Å². The summed E-state index contributed by atoms with van der Waals surface area (Å²) >= 11 is 0. The molecule has 1 aromatic carbocycles. The van der Waals surface area contributed by atoms with Crippen LogP contribution in [0.15, 0.2) is 18.2 Å². The highest BCUT2D eigenvalue weighted by Gasteiger charge is 2.43. The van der Waals surface area contributed by atoms with E-state index in [0.717, 1.165) is 37.0 Å². The lowest BCUT2D eigenvalue weighted by molar-refractivity contribution is -0.385. The fourth-order valence-corrected chi connectivity index (χ4v) is 4.77. The van der Waals surface area contributed by atoms with Gasteiger partial charge in [0.2, 0.25) is 5.91 Å². The lowest BCUT2D eigenvalue weighted by Crippen LogP contribution is -2.53. The monoisotopic (exact) mass is 371 g/mol. The Bertz CT molecular complexity index is 835. The number of carbonyl (C=O) groups is 3. The molecule has 2 heterocycles. The number of amides is 3. The van der Waals surface area contributed by atoms with Crippen LogP contribution in [0.2, 0.25) is 0 Å². The topological polar surface area (TPSA) is 101 Å². The number of imide groups is 1. The van der Waals surface area contributed by atoms with Crippen molar-refractivity contribution in [2.45, 2.75) is 44.6 Å². The number of piperidine rings is 1. The molecule has 27 heavy (non-hydrogen) atoms. The summed E-state index contributed by atoms with van der Waals surface area (Å²) in [5, 5.41) is 11.2. The minimum atomic E-state index is -0.757. The molecular formula is C19H21N3O5. The zero-order valence-electron chi connectivity index (χ0n) is 14.9. The van der Waals surface area contributed by atoms with Gasteiger partial charge in [-0.05, 0) is 37.7 Å². The molecule has 2 unspecified atom stereocenters. The molecule has 142 valence electrons. The van der Waals surface area contributed by atoms with Crippen molar-refractivity contribution in [3.05, 3.63) is 39.4 Å². The third kappa shape index (κ3) is 2.89. The van der Waals surface area contributed by atoms with Crippen molar-refractivity contribution in [3.63, 3.8) is 0 Å². The molecule has 2 atom stereocenters. The second-order valence-corrected chi connectivity index (χ2v) is 7.49. The van der Waals surface area contributed by atoms with Crippen molar-refractivity contribution in [2.24, 2.45) is 5.92 Å². The molecule has 2 fully saturated rings. The van der Waals surface area contributed by atoms with Gasteiger partial charge in [-0.2, -0.15) is 0 Å². The standard InChI is InChI=1S/C19H21N3O5/c23-16(20-10-4-6-12-5-1-2-8-14(12)20)11-21-18(24)13-7-3-9-15(22(26)27)17(13)19(21)25/h3,7,9,12,14H,1-2,4-6,8,10-11H2. The van der Waals surface area contributed by atoms with Crippen LogP contribution in [0.3, 0.4) is 0 Å². The molecule has 0 bridgehead atoms. The Kier molecular flexibility index (Phi) is 4.41. The van der Waals surface area contributed by atoms with Crippen molar-refractivity contribution in [1.29, 1.82) is 0 Å². The second-order valence-electron chi connectivity index (χ2n) is 7.49. The van der Waals surface area contributed by atoms with E-state index in [1.54, 1.807) is 0 Å². The number of benzene rings is 1. The first-order chi connectivity index (χ1) is 13.0. The van der Waals surface area contributed by atoms with Crippen LogP contribution in [0.5, 0.6) is 0 Å². The van der Waals surface area contributed by atoms with E-state index in [9.17, 15) is 24.5 Å². The summed E-state index contributed by atoms with van der Waals surface area (Å²) in [6.07, 6.45) is 6.40. The first-order valence-corrected chi connectivity index (χ1v) is 9.42. The number of carbonyl (C=O) groups excluding carboxylic acids is 3. The van der Waals surface area contributed by atoms with Gasteiger partial charge in [-0.25, -0.2) is 0 Å². The first kappa shape index (κ1) is 17.6. The number of rotatable bonds is 3. The molecule has 4 rings (SSSR count). The predicted molar refractivity (Wildman–Crippen MR) is 95.2 cm³/mol. The normalized spacial score (nSPS) is 24.6. The molecule has 0 radical (unpaired) electrons. The van der Waals surface area contributed by atoms with Crippen molar-refractivity contribution < 1.29 is 19.3 Å². The third-order valence-electron chi connectivity index (χ3n) is 6.03. The van der Waals surface area contributed by atoms with E-state index >= 15 is 0 Å². The van der Waals surface area contributed by atoms with Gasteiger partial charge in [-0.15, -0.1) is 0 Å². The number of likely N-dealkylation sites (tertiary alicyclic amines) is 1. The highest BCUT2D eigenvalue weighted by atomic mass is 16.6. The molecule has 0 spiro atoms.